The third-order valence-corrected chi connectivity index (χ3v) is 4.93. The van der Waals surface area contributed by atoms with Gasteiger partial charge in [-0.2, -0.15) is 18.2 Å². The Labute approximate surface area is 167 Å². The zero-order chi connectivity index (χ0) is 21.2. The van der Waals surface area contributed by atoms with E-state index in [1.807, 2.05) is 0 Å². The number of hydrogen-bond acceptors (Lipinski definition) is 3. The Morgan fingerprint density at radius 1 is 1.24 bits per heavy atom. The molecule has 0 aliphatic carbocycles. The summed E-state index contributed by atoms with van der Waals surface area (Å²) < 4.78 is 41.0. The number of halogens is 3. The molecule has 148 valence electrons. The zero-order valence-corrected chi connectivity index (χ0v) is 15.9. The summed E-state index contributed by atoms with van der Waals surface area (Å²) in [5.41, 5.74) is 0.155. The highest BCUT2D eigenvalue weighted by atomic mass is 32.1. The summed E-state index contributed by atoms with van der Waals surface area (Å²) >= 11 is 1.14. The zero-order valence-electron chi connectivity index (χ0n) is 15.1. The molecule has 0 aliphatic rings. The van der Waals surface area contributed by atoms with Gasteiger partial charge < -0.3 is 9.88 Å². The Hall–Kier alpha value is -3.38. The number of carbonyl (C=O) groups excluding carboxylic acids is 2. The molecule has 0 atom stereocenters. The molecule has 1 N–H and O–H groups in total. The van der Waals surface area contributed by atoms with Crippen molar-refractivity contribution in [3.8, 4) is 12.3 Å². The lowest BCUT2D eigenvalue weighted by atomic mass is 10.1. The molecule has 0 saturated carbocycles. The van der Waals surface area contributed by atoms with Gasteiger partial charge in [-0.05, 0) is 36.4 Å². The monoisotopic (exact) mass is 417 g/mol. The van der Waals surface area contributed by atoms with Crippen molar-refractivity contribution in [3.63, 3.8) is 0 Å². The van der Waals surface area contributed by atoms with Gasteiger partial charge in [0, 0.05) is 18.2 Å². The van der Waals surface area contributed by atoms with E-state index in [9.17, 15) is 22.8 Å². The van der Waals surface area contributed by atoms with Gasteiger partial charge in [0.15, 0.2) is 4.80 Å². The van der Waals surface area contributed by atoms with Crippen molar-refractivity contribution in [2.45, 2.75) is 19.6 Å². The molecular formula is C20H14F3N3O2S. The van der Waals surface area contributed by atoms with Crippen molar-refractivity contribution in [2.75, 3.05) is 5.32 Å². The minimum Gasteiger partial charge on any atom is -0.326 e. The molecule has 0 fully saturated rings. The first-order valence-electron chi connectivity index (χ1n) is 8.30. The maximum Gasteiger partial charge on any atom is 0.416 e. The summed E-state index contributed by atoms with van der Waals surface area (Å²) in [7, 11) is 0. The highest BCUT2D eigenvalue weighted by molar-refractivity contribution is 7.16. The fraction of sp³-hybridized carbons (Fsp3) is 0.150. The van der Waals surface area contributed by atoms with Crippen LogP contribution in [0.1, 0.15) is 22.8 Å². The predicted molar refractivity (Wildman–Crippen MR) is 104 cm³/mol. The number of terminal acetylenes is 1. The van der Waals surface area contributed by atoms with Crippen LogP contribution in [0.3, 0.4) is 0 Å². The number of nitrogens with zero attached hydrogens (tertiary/aromatic N) is 2. The minimum atomic E-state index is -4.56. The summed E-state index contributed by atoms with van der Waals surface area (Å²) in [5.74, 6) is 1.43. The van der Waals surface area contributed by atoms with Gasteiger partial charge in [0.25, 0.3) is 5.91 Å². The van der Waals surface area contributed by atoms with Gasteiger partial charge in [-0.25, -0.2) is 0 Å². The number of benzene rings is 2. The third kappa shape index (κ3) is 4.55. The van der Waals surface area contributed by atoms with Gasteiger partial charge in [-0.15, -0.1) is 6.42 Å². The van der Waals surface area contributed by atoms with Crippen LogP contribution in [0.2, 0.25) is 0 Å². The van der Waals surface area contributed by atoms with Gasteiger partial charge in [0.05, 0.1) is 22.3 Å². The number of nitrogens with one attached hydrogen (secondary N) is 1. The van der Waals surface area contributed by atoms with Crippen LogP contribution >= 0.6 is 11.3 Å². The molecule has 0 bridgehead atoms. The van der Waals surface area contributed by atoms with Crippen LogP contribution < -0.4 is 10.1 Å². The first-order chi connectivity index (χ1) is 13.7. The molecule has 1 heterocycles. The van der Waals surface area contributed by atoms with Crippen molar-refractivity contribution in [1.82, 2.24) is 4.57 Å². The fourth-order valence-electron chi connectivity index (χ4n) is 2.66. The number of rotatable bonds is 3. The molecule has 29 heavy (non-hydrogen) atoms. The molecule has 5 nitrogen and oxygen atoms in total. The lowest BCUT2D eigenvalue weighted by molar-refractivity contribution is -0.137. The molecule has 3 rings (SSSR count). The van der Waals surface area contributed by atoms with Crippen LogP contribution in [0.15, 0.2) is 47.5 Å². The lowest BCUT2D eigenvalue weighted by Gasteiger charge is -2.06. The second kappa shape index (κ2) is 7.93. The second-order valence-corrected chi connectivity index (χ2v) is 7.04. The van der Waals surface area contributed by atoms with E-state index in [-0.39, 0.29) is 22.8 Å². The van der Waals surface area contributed by atoms with E-state index in [0.717, 1.165) is 29.5 Å². The average Bonchev–Trinajstić information content (AvgIpc) is 2.97. The van der Waals surface area contributed by atoms with E-state index in [4.69, 9.17) is 6.42 Å². The van der Waals surface area contributed by atoms with E-state index in [1.54, 1.807) is 22.8 Å². The van der Waals surface area contributed by atoms with Crippen LogP contribution in [0.5, 0.6) is 0 Å². The normalized spacial score (nSPS) is 12.0. The van der Waals surface area contributed by atoms with E-state index in [2.05, 4.69) is 16.2 Å². The summed E-state index contributed by atoms with van der Waals surface area (Å²) in [4.78, 5) is 28.0. The lowest BCUT2D eigenvalue weighted by Crippen LogP contribution is -2.16. The molecule has 0 unspecified atom stereocenters. The molecular weight excluding hydrogens is 403 g/mol. The van der Waals surface area contributed by atoms with Gasteiger partial charge in [-0.1, -0.05) is 23.3 Å². The SMILES string of the molecule is C#CCn1c(=NC(=O)c2cccc(C(F)(F)F)c2)sc2cc(NC(C)=O)ccc21. The number of aromatic nitrogens is 1. The Bertz CT molecular complexity index is 1220. The quantitative estimate of drug-likeness (QED) is 0.654. The second-order valence-electron chi connectivity index (χ2n) is 6.03. The molecule has 2 aromatic carbocycles. The number of hydrogen-bond donors (Lipinski definition) is 1. The van der Waals surface area contributed by atoms with Gasteiger partial charge in [0.1, 0.15) is 0 Å². The number of amides is 2. The standard InChI is InChI=1S/C20H14F3N3O2S/c1-3-9-26-16-8-7-15(24-12(2)27)11-17(16)29-19(26)25-18(28)13-5-4-6-14(10-13)20(21,22)23/h1,4-8,10-11H,9H2,2H3,(H,24,27). The van der Waals surface area contributed by atoms with Crippen LogP contribution in [-0.2, 0) is 17.5 Å². The van der Waals surface area contributed by atoms with Gasteiger partial charge in [-0.3, -0.25) is 9.59 Å². The third-order valence-electron chi connectivity index (χ3n) is 3.89. The Balaban J connectivity index is 2.09. The van der Waals surface area contributed by atoms with Crippen molar-refractivity contribution in [3.05, 3.63) is 58.4 Å². The average molecular weight is 417 g/mol. The summed E-state index contributed by atoms with van der Waals surface area (Å²) in [5, 5.41) is 2.66. The van der Waals surface area contributed by atoms with Crippen molar-refractivity contribution in [1.29, 1.82) is 0 Å². The van der Waals surface area contributed by atoms with Crippen molar-refractivity contribution >= 4 is 39.1 Å². The number of alkyl halides is 3. The van der Waals surface area contributed by atoms with E-state index in [0.29, 0.717) is 15.9 Å². The van der Waals surface area contributed by atoms with E-state index < -0.39 is 17.6 Å². The molecule has 0 saturated heterocycles. The Morgan fingerprint density at radius 3 is 2.66 bits per heavy atom. The van der Waals surface area contributed by atoms with Gasteiger partial charge in [0.2, 0.25) is 5.91 Å². The Morgan fingerprint density at radius 2 is 2.00 bits per heavy atom. The first-order valence-corrected chi connectivity index (χ1v) is 9.11. The summed E-state index contributed by atoms with van der Waals surface area (Å²) in [6, 6.07) is 9.20. The molecule has 3 aromatic rings. The maximum atomic E-state index is 12.9. The van der Waals surface area contributed by atoms with Crippen LogP contribution in [-0.4, -0.2) is 16.4 Å². The summed E-state index contributed by atoms with van der Waals surface area (Å²) in [6.45, 7) is 1.50. The van der Waals surface area contributed by atoms with E-state index in [1.165, 1.54) is 13.0 Å². The number of carbonyl (C=O) groups is 2. The smallest absolute Gasteiger partial charge is 0.326 e. The number of thiazole rings is 1. The topological polar surface area (TPSA) is 63.5 Å². The fourth-order valence-corrected chi connectivity index (χ4v) is 3.73. The number of anilines is 1. The molecule has 0 aliphatic heterocycles. The predicted octanol–water partition coefficient (Wildman–Crippen LogP) is 4.05. The maximum absolute atomic E-state index is 12.9. The Kier molecular flexibility index (Phi) is 5.57. The van der Waals surface area contributed by atoms with Crippen LogP contribution in [0, 0.1) is 12.3 Å². The molecule has 2 amide bonds. The summed E-state index contributed by atoms with van der Waals surface area (Å²) in [6.07, 6.45) is 0.852. The van der Waals surface area contributed by atoms with Crippen molar-refractivity contribution in [2.24, 2.45) is 4.99 Å². The highest BCUT2D eigenvalue weighted by Gasteiger charge is 2.30. The van der Waals surface area contributed by atoms with Crippen molar-refractivity contribution < 1.29 is 22.8 Å². The van der Waals surface area contributed by atoms with Gasteiger partial charge >= 0.3 is 6.18 Å². The van der Waals surface area contributed by atoms with Crippen LogP contribution in [0.25, 0.3) is 10.2 Å². The molecule has 9 heteroatoms. The number of fused-ring (bicyclic) bond motifs is 1. The van der Waals surface area contributed by atoms with E-state index >= 15 is 0 Å². The molecule has 1 aromatic heterocycles. The first kappa shape index (κ1) is 20.4. The molecule has 0 radical (unpaired) electrons. The largest absolute Gasteiger partial charge is 0.416 e. The highest BCUT2D eigenvalue weighted by Crippen LogP contribution is 2.29. The minimum absolute atomic E-state index is 0.119. The molecule has 0 spiro atoms. The van der Waals surface area contributed by atoms with Crippen LogP contribution in [0.4, 0.5) is 18.9 Å².